The van der Waals surface area contributed by atoms with Crippen molar-refractivity contribution in [3.63, 3.8) is 0 Å². The molecule has 1 aliphatic rings. The van der Waals surface area contributed by atoms with Gasteiger partial charge in [0.1, 0.15) is 5.75 Å². The number of halogens is 1. The zero-order valence-electron chi connectivity index (χ0n) is 16.5. The fourth-order valence-corrected chi connectivity index (χ4v) is 3.41. The molecule has 9 nitrogen and oxygen atoms in total. The summed E-state index contributed by atoms with van der Waals surface area (Å²) in [6.07, 6.45) is 1.86. The van der Waals surface area contributed by atoms with E-state index in [1.54, 1.807) is 22.9 Å². The van der Waals surface area contributed by atoms with Crippen molar-refractivity contribution >= 4 is 40.9 Å². The van der Waals surface area contributed by atoms with E-state index in [1.165, 1.54) is 7.11 Å². The number of benzene rings is 1. The maximum absolute atomic E-state index is 12.8. The van der Waals surface area contributed by atoms with Gasteiger partial charge in [0.2, 0.25) is 0 Å². The summed E-state index contributed by atoms with van der Waals surface area (Å²) in [5, 5.41) is 19.8. The third kappa shape index (κ3) is 4.41. The molecule has 0 spiro atoms. The number of anilines is 2. The van der Waals surface area contributed by atoms with Gasteiger partial charge in [0, 0.05) is 50.4 Å². The molecule has 3 aromatic rings. The van der Waals surface area contributed by atoms with Gasteiger partial charge in [0.25, 0.3) is 5.91 Å². The highest BCUT2D eigenvalue weighted by Crippen LogP contribution is 2.26. The molecule has 0 bridgehead atoms. The number of methoxy groups -OCH3 is 1. The Bertz CT molecular complexity index is 1010. The summed E-state index contributed by atoms with van der Waals surface area (Å²) in [6, 6.07) is 7.57. The summed E-state index contributed by atoms with van der Waals surface area (Å²) in [6.45, 7) is 4.81. The third-order valence-corrected chi connectivity index (χ3v) is 4.77. The molecule has 1 atom stereocenters. The van der Waals surface area contributed by atoms with E-state index in [0.29, 0.717) is 23.2 Å². The Balaban J connectivity index is 0.00000240. The van der Waals surface area contributed by atoms with Crippen molar-refractivity contribution in [3.8, 4) is 5.75 Å². The van der Waals surface area contributed by atoms with Crippen molar-refractivity contribution in [1.29, 1.82) is 0 Å². The van der Waals surface area contributed by atoms with Crippen LogP contribution < -0.4 is 20.3 Å². The lowest BCUT2D eigenvalue weighted by atomic mass is 10.1. The molecule has 0 saturated carbocycles. The van der Waals surface area contributed by atoms with Gasteiger partial charge in [-0.3, -0.25) is 9.48 Å². The first-order chi connectivity index (χ1) is 13.5. The molecule has 1 aliphatic heterocycles. The van der Waals surface area contributed by atoms with E-state index in [0.717, 1.165) is 36.4 Å². The van der Waals surface area contributed by atoms with Gasteiger partial charge in [-0.15, -0.1) is 22.6 Å². The summed E-state index contributed by atoms with van der Waals surface area (Å²) < 4.78 is 7.07. The second kappa shape index (κ2) is 8.62. The molecule has 154 valence electrons. The van der Waals surface area contributed by atoms with Crippen LogP contribution >= 0.6 is 12.4 Å². The number of rotatable bonds is 4. The lowest BCUT2D eigenvalue weighted by molar-refractivity contribution is 0.102. The van der Waals surface area contributed by atoms with Crippen molar-refractivity contribution in [2.75, 3.05) is 37.0 Å². The summed E-state index contributed by atoms with van der Waals surface area (Å²) >= 11 is 0. The fourth-order valence-electron chi connectivity index (χ4n) is 3.41. The number of amides is 1. The van der Waals surface area contributed by atoms with E-state index < -0.39 is 0 Å². The number of carbonyl (C=O) groups is 1. The quantitative estimate of drug-likeness (QED) is 0.668. The first kappa shape index (κ1) is 20.8. The lowest BCUT2D eigenvalue weighted by Crippen LogP contribution is -2.49. The van der Waals surface area contributed by atoms with Crippen molar-refractivity contribution in [3.05, 3.63) is 36.0 Å². The highest BCUT2D eigenvalue weighted by Gasteiger charge is 2.19. The molecular formula is C19H24ClN7O2. The second-order valence-electron chi connectivity index (χ2n) is 6.95. The molecule has 4 rings (SSSR count). The van der Waals surface area contributed by atoms with Crippen LogP contribution in [0.3, 0.4) is 0 Å². The van der Waals surface area contributed by atoms with Gasteiger partial charge < -0.3 is 20.3 Å². The number of aromatic nitrogens is 4. The van der Waals surface area contributed by atoms with Crippen LogP contribution in [-0.2, 0) is 7.05 Å². The van der Waals surface area contributed by atoms with Gasteiger partial charge >= 0.3 is 0 Å². The van der Waals surface area contributed by atoms with E-state index >= 15 is 0 Å². The van der Waals surface area contributed by atoms with Crippen molar-refractivity contribution in [2.45, 2.75) is 13.0 Å². The van der Waals surface area contributed by atoms with Crippen molar-refractivity contribution in [2.24, 2.45) is 7.05 Å². The number of nitrogens with zero attached hydrogens (tertiary/aromatic N) is 5. The predicted molar refractivity (Wildman–Crippen MR) is 114 cm³/mol. The standard InChI is InChI=1S/C19H23N7O2.ClH/c1-12-10-26(7-6-20-12)18-5-4-17(22-23-18)21-19(27)14-8-13-11-25(2)24-15(13)9-16(14)28-3;/h4-5,8-9,11-12,20H,6-7,10H2,1-3H3,(H,21,22,27);1H. The number of hydrogen-bond donors (Lipinski definition) is 2. The highest BCUT2D eigenvalue weighted by molar-refractivity contribution is 6.08. The molecule has 29 heavy (non-hydrogen) atoms. The van der Waals surface area contributed by atoms with E-state index in [2.05, 4.69) is 37.8 Å². The van der Waals surface area contributed by atoms with Gasteiger partial charge in [-0.2, -0.15) is 5.10 Å². The van der Waals surface area contributed by atoms with E-state index in [4.69, 9.17) is 4.74 Å². The molecule has 2 N–H and O–H groups in total. The van der Waals surface area contributed by atoms with Gasteiger partial charge in [-0.05, 0) is 25.1 Å². The molecule has 1 aromatic carbocycles. The van der Waals surface area contributed by atoms with E-state index in [9.17, 15) is 4.79 Å². The number of aryl methyl sites for hydroxylation is 1. The smallest absolute Gasteiger partial charge is 0.260 e. The first-order valence-electron chi connectivity index (χ1n) is 9.18. The third-order valence-electron chi connectivity index (χ3n) is 4.77. The van der Waals surface area contributed by atoms with Crippen LogP contribution in [0.1, 0.15) is 17.3 Å². The van der Waals surface area contributed by atoms with Crippen LogP contribution in [0.2, 0.25) is 0 Å². The highest BCUT2D eigenvalue weighted by atomic mass is 35.5. The Labute approximate surface area is 174 Å². The largest absolute Gasteiger partial charge is 0.496 e. The Hall–Kier alpha value is -2.91. The van der Waals surface area contributed by atoms with Crippen LogP contribution in [-0.4, -0.2) is 58.7 Å². The normalized spacial score (nSPS) is 16.4. The molecule has 1 amide bonds. The number of fused-ring (bicyclic) bond motifs is 1. The molecule has 0 radical (unpaired) electrons. The molecule has 10 heteroatoms. The van der Waals surface area contributed by atoms with E-state index in [1.807, 2.05) is 19.3 Å². The van der Waals surface area contributed by atoms with E-state index in [-0.39, 0.29) is 18.3 Å². The second-order valence-corrected chi connectivity index (χ2v) is 6.95. The number of hydrogen-bond acceptors (Lipinski definition) is 7. The summed E-state index contributed by atoms with van der Waals surface area (Å²) in [5.74, 6) is 1.36. The summed E-state index contributed by atoms with van der Waals surface area (Å²) in [5.41, 5.74) is 1.19. The van der Waals surface area contributed by atoms with Gasteiger partial charge in [-0.1, -0.05) is 0 Å². The average Bonchev–Trinajstić information content (AvgIpc) is 3.06. The minimum Gasteiger partial charge on any atom is -0.496 e. The number of nitrogens with one attached hydrogen (secondary N) is 2. The zero-order chi connectivity index (χ0) is 19.7. The maximum Gasteiger partial charge on any atom is 0.260 e. The zero-order valence-corrected chi connectivity index (χ0v) is 17.4. The van der Waals surface area contributed by atoms with Crippen LogP contribution in [0.15, 0.2) is 30.5 Å². The number of piperazine rings is 1. The molecule has 0 aliphatic carbocycles. The monoisotopic (exact) mass is 417 g/mol. The Morgan fingerprint density at radius 2 is 2.14 bits per heavy atom. The average molecular weight is 418 g/mol. The molecule has 2 aromatic heterocycles. The van der Waals surface area contributed by atoms with Crippen LogP contribution in [0.5, 0.6) is 5.75 Å². The minimum atomic E-state index is -0.305. The Kier molecular flexibility index (Phi) is 6.19. The van der Waals surface area contributed by atoms with Crippen molar-refractivity contribution in [1.82, 2.24) is 25.3 Å². The summed E-state index contributed by atoms with van der Waals surface area (Å²) in [4.78, 5) is 14.9. The minimum absolute atomic E-state index is 0. The van der Waals surface area contributed by atoms with Gasteiger partial charge in [0.15, 0.2) is 11.6 Å². The number of carbonyl (C=O) groups excluding carboxylic acids is 1. The molecule has 1 unspecified atom stereocenters. The van der Waals surface area contributed by atoms with Crippen LogP contribution in [0.4, 0.5) is 11.6 Å². The van der Waals surface area contributed by atoms with Gasteiger partial charge in [0.05, 0.1) is 18.2 Å². The van der Waals surface area contributed by atoms with Gasteiger partial charge in [-0.25, -0.2) is 0 Å². The lowest BCUT2D eigenvalue weighted by Gasteiger charge is -2.32. The summed E-state index contributed by atoms with van der Waals surface area (Å²) in [7, 11) is 3.37. The predicted octanol–water partition coefficient (Wildman–Crippen LogP) is 1.84. The molecule has 1 fully saturated rings. The fraction of sp³-hybridized carbons (Fsp3) is 0.368. The first-order valence-corrected chi connectivity index (χ1v) is 9.18. The maximum atomic E-state index is 12.8. The molecule has 3 heterocycles. The van der Waals surface area contributed by atoms with Crippen LogP contribution in [0.25, 0.3) is 10.9 Å². The Morgan fingerprint density at radius 1 is 1.31 bits per heavy atom. The van der Waals surface area contributed by atoms with Crippen molar-refractivity contribution < 1.29 is 9.53 Å². The Morgan fingerprint density at radius 3 is 2.83 bits per heavy atom. The topological polar surface area (TPSA) is 97.2 Å². The van der Waals surface area contributed by atoms with Crippen LogP contribution in [0, 0.1) is 0 Å². The number of ether oxygens (including phenoxy) is 1. The molecular weight excluding hydrogens is 394 g/mol. The SMILES string of the molecule is COc1cc2nn(C)cc2cc1C(=O)Nc1ccc(N2CCNC(C)C2)nn1.Cl. The molecule has 1 saturated heterocycles.